The van der Waals surface area contributed by atoms with E-state index < -0.39 is 15.6 Å². The number of halogens is 1. The number of rotatable bonds is 7. The van der Waals surface area contributed by atoms with Crippen molar-refractivity contribution in [2.24, 2.45) is 0 Å². The summed E-state index contributed by atoms with van der Waals surface area (Å²) < 4.78 is 32.2. The number of benzene rings is 1. The molecule has 0 aromatic heterocycles. The van der Waals surface area contributed by atoms with Crippen molar-refractivity contribution in [1.82, 2.24) is 10.0 Å². The van der Waals surface area contributed by atoms with Gasteiger partial charge in [-0.2, -0.15) is 0 Å². The SMILES string of the molecule is CNCc1ccc(S(=O)(=O)NC(C)(C)COC)cc1Cl. The highest BCUT2D eigenvalue weighted by Crippen LogP contribution is 2.22. The highest BCUT2D eigenvalue weighted by Gasteiger charge is 2.26. The molecule has 0 spiro atoms. The molecule has 2 N–H and O–H groups in total. The van der Waals surface area contributed by atoms with E-state index in [2.05, 4.69) is 10.0 Å². The predicted octanol–water partition coefficient (Wildman–Crippen LogP) is 1.76. The third-order valence-corrected chi connectivity index (χ3v) is 4.67. The molecule has 20 heavy (non-hydrogen) atoms. The van der Waals surface area contributed by atoms with Crippen molar-refractivity contribution in [3.63, 3.8) is 0 Å². The van der Waals surface area contributed by atoms with Gasteiger partial charge in [0, 0.05) is 18.7 Å². The molecule has 0 aliphatic rings. The molecule has 114 valence electrons. The number of hydrogen-bond acceptors (Lipinski definition) is 4. The van der Waals surface area contributed by atoms with E-state index >= 15 is 0 Å². The van der Waals surface area contributed by atoms with E-state index in [4.69, 9.17) is 16.3 Å². The molecule has 0 fully saturated rings. The van der Waals surface area contributed by atoms with Gasteiger partial charge in [-0.1, -0.05) is 17.7 Å². The van der Waals surface area contributed by atoms with E-state index in [9.17, 15) is 8.42 Å². The molecule has 0 heterocycles. The summed E-state index contributed by atoms with van der Waals surface area (Å²) in [5.41, 5.74) is 0.160. The Morgan fingerprint density at radius 2 is 2.00 bits per heavy atom. The largest absolute Gasteiger partial charge is 0.383 e. The topological polar surface area (TPSA) is 67.4 Å². The Balaban J connectivity index is 3.01. The summed E-state index contributed by atoms with van der Waals surface area (Å²) in [6.45, 7) is 4.37. The van der Waals surface area contributed by atoms with Crippen LogP contribution in [0.15, 0.2) is 23.1 Å². The van der Waals surface area contributed by atoms with Gasteiger partial charge in [-0.05, 0) is 38.6 Å². The molecule has 5 nitrogen and oxygen atoms in total. The Morgan fingerprint density at radius 1 is 1.35 bits per heavy atom. The van der Waals surface area contributed by atoms with E-state index in [0.717, 1.165) is 5.56 Å². The van der Waals surface area contributed by atoms with Gasteiger partial charge in [-0.15, -0.1) is 0 Å². The van der Waals surface area contributed by atoms with Crippen molar-refractivity contribution >= 4 is 21.6 Å². The lowest BCUT2D eigenvalue weighted by molar-refractivity contribution is 0.141. The molecular weight excluding hydrogens is 300 g/mol. The fraction of sp³-hybridized carbons (Fsp3) is 0.538. The first kappa shape index (κ1) is 17.4. The lowest BCUT2D eigenvalue weighted by Crippen LogP contribution is -2.46. The first-order valence-corrected chi connectivity index (χ1v) is 8.04. The number of ether oxygens (including phenoxy) is 1. The quantitative estimate of drug-likeness (QED) is 0.803. The van der Waals surface area contributed by atoms with Gasteiger partial charge in [-0.3, -0.25) is 0 Å². The van der Waals surface area contributed by atoms with Crippen LogP contribution in [0.5, 0.6) is 0 Å². The van der Waals surface area contributed by atoms with Crippen LogP contribution in [0.4, 0.5) is 0 Å². The van der Waals surface area contributed by atoms with E-state index in [1.807, 2.05) is 0 Å². The molecule has 0 saturated carbocycles. The minimum Gasteiger partial charge on any atom is -0.383 e. The first-order valence-electron chi connectivity index (χ1n) is 6.18. The van der Waals surface area contributed by atoms with Crippen LogP contribution in [0.2, 0.25) is 5.02 Å². The maximum atomic E-state index is 12.3. The zero-order chi connectivity index (χ0) is 15.4. The monoisotopic (exact) mass is 320 g/mol. The van der Waals surface area contributed by atoms with Crippen LogP contribution in [-0.4, -0.2) is 34.7 Å². The highest BCUT2D eigenvalue weighted by molar-refractivity contribution is 7.89. The molecule has 0 aliphatic carbocycles. The summed E-state index contributed by atoms with van der Waals surface area (Å²) >= 11 is 6.09. The van der Waals surface area contributed by atoms with E-state index in [1.165, 1.54) is 13.2 Å². The molecule has 0 amide bonds. The molecule has 0 saturated heterocycles. The second kappa shape index (κ2) is 6.87. The van der Waals surface area contributed by atoms with Crippen molar-refractivity contribution in [3.05, 3.63) is 28.8 Å². The van der Waals surface area contributed by atoms with Crippen LogP contribution in [0.25, 0.3) is 0 Å². The lowest BCUT2D eigenvalue weighted by Gasteiger charge is -2.25. The van der Waals surface area contributed by atoms with Gasteiger partial charge in [0.15, 0.2) is 0 Å². The number of nitrogens with one attached hydrogen (secondary N) is 2. The van der Waals surface area contributed by atoms with Gasteiger partial charge >= 0.3 is 0 Å². The van der Waals surface area contributed by atoms with Crippen molar-refractivity contribution in [1.29, 1.82) is 0 Å². The molecule has 7 heteroatoms. The van der Waals surface area contributed by atoms with E-state index in [0.29, 0.717) is 11.6 Å². The maximum Gasteiger partial charge on any atom is 0.241 e. The maximum absolute atomic E-state index is 12.3. The molecule has 0 unspecified atom stereocenters. The molecule has 1 aromatic carbocycles. The van der Waals surface area contributed by atoms with E-state index in [1.54, 1.807) is 33.0 Å². The van der Waals surface area contributed by atoms with Crippen LogP contribution in [0, 0.1) is 0 Å². The number of hydrogen-bond donors (Lipinski definition) is 2. The Labute approximate surface area is 125 Å². The number of sulfonamides is 1. The zero-order valence-corrected chi connectivity index (χ0v) is 13.7. The molecule has 0 aliphatic heterocycles. The summed E-state index contributed by atoms with van der Waals surface area (Å²) in [6, 6.07) is 4.71. The average molecular weight is 321 g/mol. The Morgan fingerprint density at radius 3 is 2.50 bits per heavy atom. The van der Waals surface area contributed by atoms with Crippen LogP contribution in [0.1, 0.15) is 19.4 Å². The third-order valence-electron chi connectivity index (χ3n) is 2.62. The summed E-state index contributed by atoms with van der Waals surface area (Å²) in [7, 11) is -0.301. The fourth-order valence-electron chi connectivity index (χ4n) is 1.84. The predicted molar refractivity (Wildman–Crippen MR) is 80.5 cm³/mol. The molecule has 0 radical (unpaired) electrons. The molecular formula is C13H21ClN2O3S. The Kier molecular flexibility index (Phi) is 5.97. The van der Waals surface area contributed by atoms with Crippen molar-refractivity contribution in [3.8, 4) is 0 Å². The molecule has 0 bridgehead atoms. The van der Waals surface area contributed by atoms with Crippen molar-refractivity contribution in [2.45, 2.75) is 30.8 Å². The average Bonchev–Trinajstić information content (AvgIpc) is 2.30. The molecule has 1 rings (SSSR count). The van der Waals surface area contributed by atoms with Crippen LogP contribution in [0.3, 0.4) is 0 Å². The van der Waals surface area contributed by atoms with Crippen molar-refractivity contribution in [2.75, 3.05) is 20.8 Å². The van der Waals surface area contributed by atoms with Gasteiger partial charge in [0.25, 0.3) is 0 Å². The Hall–Kier alpha value is -0.660. The smallest absolute Gasteiger partial charge is 0.241 e. The van der Waals surface area contributed by atoms with Gasteiger partial charge in [0.1, 0.15) is 0 Å². The zero-order valence-electron chi connectivity index (χ0n) is 12.2. The number of methoxy groups -OCH3 is 1. The normalized spacial score (nSPS) is 12.7. The lowest BCUT2D eigenvalue weighted by atomic mass is 10.1. The second-order valence-corrected chi connectivity index (χ2v) is 7.30. The Bertz CT molecular complexity index is 559. The van der Waals surface area contributed by atoms with Crippen LogP contribution < -0.4 is 10.0 Å². The van der Waals surface area contributed by atoms with Crippen LogP contribution in [-0.2, 0) is 21.3 Å². The molecule has 1 aromatic rings. The fourth-order valence-corrected chi connectivity index (χ4v) is 3.58. The first-order chi connectivity index (χ1) is 9.22. The summed E-state index contributed by atoms with van der Waals surface area (Å²) in [5, 5.41) is 3.39. The van der Waals surface area contributed by atoms with Gasteiger partial charge in [0.05, 0.1) is 17.0 Å². The highest BCUT2D eigenvalue weighted by atomic mass is 35.5. The summed E-state index contributed by atoms with van der Waals surface area (Å²) in [4.78, 5) is 0.145. The summed E-state index contributed by atoms with van der Waals surface area (Å²) in [6.07, 6.45) is 0. The van der Waals surface area contributed by atoms with Gasteiger partial charge < -0.3 is 10.1 Å². The van der Waals surface area contributed by atoms with Crippen LogP contribution >= 0.6 is 11.6 Å². The van der Waals surface area contributed by atoms with Crippen molar-refractivity contribution < 1.29 is 13.2 Å². The minimum atomic E-state index is -3.63. The molecule has 0 atom stereocenters. The minimum absolute atomic E-state index is 0.145. The van der Waals surface area contributed by atoms with Gasteiger partial charge in [0.2, 0.25) is 10.0 Å². The standard InChI is InChI=1S/C13H21ClN2O3S/c1-13(2,9-19-4)16-20(17,18)11-6-5-10(8-15-3)12(14)7-11/h5-7,15-16H,8-9H2,1-4H3. The summed E-state index contributed by atoms with van der Waals surface area (Å²) in [5.74, 6) is 0. The van der Waals surface area contributed by atoms with Gasteiger partial charge in [-0.25, -0.2) is 13.1 Å². The van der Waals surface area contributed by atoms with E-state index in [-0.39, 0.29) is 11.5 Å². The second-order valence-electron chi connectivity index (χ2n) is 5.21. The third kappa shape index (κ3) is 4.71.